The molecule has 15 nitrogen and oxygen atoms in total. The van der Waals surface area contributed by atoms with Crippen LogP contribution in [-0.4, -0.2) is 79.2 Å². The van der Waals surface area contributed by atoms with Gasteiger partial charge in [-0.25, -0.2) is 24.6 Å². The number of anilines is 1. The molecule has 0 spiro atoms. The van der Waals surface area contributed by atoms with Gasteiger partial charge in [0.05, 0.1) is 26.5 Å². The highest BCUT2D eigenvalue weighted by Crippen LogP contribution is 2.39. The van der Waals surface area contributed by atoms with Crippen LogP contribution < -0.4 is 17.0 Å². The Morgan fingerprint density at radius 1 is 1.37 bits per heavy atom. The summed E-state index contributed by atoms with van der Waals surface area (Å²) >= 11 is 0. The molecule has 3 heterocycles. The minimum Gasteiger partial charge on any atom is -0.469 e. The Kier molecular flexibility index (Phi) is 7.79. The van der Waals surface area contributed by atoms with Gasteiger partial charge in [0.1, 0.15) is 30.2 Å². The van der Waals surface area contributed by atoms with Crippen LogP contribution in [0.3, 0.4) is 0 Å². The molecule has 16 heteroatoms. The SMILES string of the molecule is COC(=O)CCNP(=O)(O)OC[C@H]1O[C@@H](n2cnc3c(N)ncnc32)[C@H](O)[C@@H]1O.N. The van der Waals surface area contributed by atoms with E-state index >= 15 is 0 Å². The Morgan fingerprint density at radius 3 is 2.80 bits per heavy atom. The van der Waals surface area contributed by atoms with Crippen LogP contribution in [0.5, 0.6) is 0 Å². The number of esters is 1. The molecule has 0 aromatic carbocycles. The lowest BCUT2D eigenvalue weighted by molar-refractivity contribution is -0.140. The van der Waals surface area contributed by atoms with Gasteiger partial charge in [-0.2, -0.15) is 0 Å². The fourth-order valence-electron chi connectivity index (χ4n) is 2.77. The van der Waals surface area contributed by atoms with Crippen molar-refractivity contribution in [1.29, 1.82) is 0 Å². The standard InChI is InChI=1S/C14H21N6O8P.H3N/c1-26-8(21)2-3-19-29(24,25)27-4-7-10(22)11(23)14(28-7)20-6-18-9-12(15)16-5-17-13(9)20;/h5-7,10-11,14,22-23H,2-4H2,1H3,(H2,15,16,17)(H2,19,24,25);1H3/t7-,10-,11-,14-;/m1./s1. The molecule has 5 atom stereocenters. The van der Waals surface area contributed by atoms with Gasteiger partial charge in [-0.15, -0.1) is 0 Å². The van der Waals surface area contributed by atoms with Crippen LogP contribution in [-0.2, 0) is 23.4 Å². The summed E-state index contributed by atoms with van der Waals surface area (Å²) in [5, 5.41) is 22.8. The zero-order chi connectivity index (χ0) is 21.2. The molecule has 30 heavy (non-hydrogen) atoms. The predicted octanol–water partition coefficient (Wildman–Crippen LogP) is -1.54. The fourth-order valence-corrected chi connectivity index (χ4v) is 3.61. The molecule has 1 fully saturated rings. The summed E-state index contributed by atoms with van der Waals surface area (Å²) in [6.45, 7) is -0.653. The van der Waals surface area contributed by atoms with Crippen LogP contribution in [0.2, 0.25) is 0 Å². The molecule has 2 aromatic heterocycles. The lowest BCUT2D eigenvalue weighted by Crippen LogP contribution is -2.34. The Hall–Kier alpha value is -2.23. The Morgan fingerprint density at radius 2 is 2.10 bits per heavy atom. The van der Waals surface area contributed by atoms with Crippen molar-refractivity contribution in [2.45, 2.75) is 31.0 Å². The molecule has 1 unspecified atom stereocenters. The molecule has 0 amide bonds. The maximum Gasteiger partial charge on any atom is 0.403 e. The molecule has 0 radical (unpaired) electrons. The van der Waals surface area contributed by atoms with E-state index in [0.717, 1.165) is 0 Å². The van der Waals surface area contributed by atoms with Gasteiger partial charge in [0.15, 0.2) is 17.7 Å². The third-order valence-corrected chi connectivity index (χ3v) is 5.40. The van der Waals surface area contributed by atoms with Crippen molar-refractivity contribution in [1.82, 2.24) is 30.8 Å². The maximum absolute atomic E-state index is 12.0. The van der Waals surface area contributed by atoms with Gasteiger partial charge in [-0.05, 0) is 0 Å². The first kappa shape index (κ1) is 24.0. The first-order chi connectivity index (χ1) is 13.7. The van der Waals surface area contributed by atoms with Crippen molar-refractivity contribution in [3.63, 3.8) is 0 Å². The summed E-state index contributed by atoms with van der Waals surface area (Å²) in [5.41, 5.74) is 6.31. The molecule has 0 saturated carbocycles. The Bertz CT molecular complexity index is 927. The summed E-state index contributed by atoms with van der Waals surface area (Å²) in [7, 11) is -3.07. The van der Waals surface area contributed by atoms with E-state index in [1.807, 2.05) is 0 Å². The zero-order valence-corrected chi connectivity index (χ0v) is 16.9. The number of fused-ring (bicyclic) bond motifs is 1. The molecular formula is C14H24N7O8P. The van der Waals surface area contributed by atoms with Crippen LogP contribution in [0, 0.1) is 0 Å². The molecule has 0 aliphatic carbocycles. The summed E-state index contributed by atoms with van der Waals surface area (Å²) in [4.78, 5) is 32.7. The van der Waals surface area contributed by atoms with Crippen molar-refractivity contribution in [2.75, 3.05) is 26.0 Å². The molecule has 168 valence electrons. The summed E-state index contributed by atoms with van der Waals surface area (Å²) in [6, 6.07) is 0. The van der Waals surface area contributed by atoms with Crippen LogP contribution in [0.25, 0.3) is 11.2 Å². The number of carbonyl (C=O) groups is 1. The quantitative estimate of drug-likeness (QED) is 0.198. The van der Waals surface area contributed by atoms with E-state index in [1.54, 1.807) is 0 Å². The number of aliphatic hydroxyl groups excluding tert-OH is 2. The van der Waals surface area contributed by atoms with Gasteiger partial charge in [0.2, 0.25) is 0 Å². The molecule has 1 aliphatic heterocycles. The molecule has 2 aromatic rings. The minimum absolute atomic E-state index is 0. The van der Waals surface area contributed by atoms with Gasteiger partial charge in [-0.3, -0.25) is 13.9 Å². The van der Waals surface area contributed by atoms with Gasteiger partial charge in [-0.1, -0.05) is 0 Å². The third kappa shape index (κ3) is 5.08. The van der Waals surface area contributed by atoms with Crippen molar-refractivity contribution in [3.8, 4) is 0 Å². The second-order valence-electron chi connectivity index (χ2n) is 6.18. The van der Waals surface area contributed by atoms with Crippen molar-refractivity contribution in [3.05, 3.63) is 12.7 Å². The summed E-state index contributed by atoms with van der Waals surface area (Å²) in [5.74, 6) is -0.420. The van der Waals surface area contributed by atoms with Gasteiger partial charge < -0.3 is 36.5 Å². The van der Waals surface area contributed by atoms with E-state index in [9.17, 15) is 24.5 Å². The van der Waals surface area contributed by atoms with Crippen molar-refractivity contribution >= 4 is 30.7 Å². The van der Waals surface area contributed by atoms with E-state index in [-0.39, 0.29) is 30.6 Å². The largest absolute Gasteiger partial charge is 0.469 e. The van der Waals surface area contributed by atoms with Crippen LogP contribution in [0.4, 0.5) is 5.82 Å². The number of nitrogens with one attached hydrogen (secondary N) is 1. The molecule has 0 bridgehead atoms. The number of methoxy groups -OCH3 is 1. The number of imidazole rings is 1. The predicted molar refractivity (Wildman–Crippen MR) is 101 cm³/mol. The first-order valence-electron chi connectivity index (χ1n) is 8.47. The third-order valence-electron chi connectivity index (χ3n) is 4.28. The highest BCUT2D eigenvalue weighted by Gasteiger charge is 2.45. The number of carbonyl (C=O) groups excluding carboxylic acids is 1. The number of nitrogen functional groups attached to an aromatic ring is 1. The average molecular weight is 449 g/mol. The van der Waals surface area contributed by atoms with Gasteiger partial charge in [0, 0.05) is 6.54 Å². The Labute approximate surface area is 170 Å². The number of nitrogens with two attached hydrogens (primary N) is 1. The van der Waals surface area contributed by atoms with Gasteiger partial charge in [0.25, 0.3) is 0 Å². The van der Waals surface area contributed by atoms with Crippen LogP contribution in [0.15, 0.2) is 12.7 Å². The number of nitrogens with zero attached hydrogens (tertiary/aromatic N) is 4. The number of hydrogen-bond acceptors (Lipinski definition) is 12. The van der Waals surface area contributed by atoms with Crippen molar-refractivity contribution in [2.24, 2.45) is 0 Å². The summed E-state index contributed by atoms with van der Waals surface area (Å²) in [6.07, 6.45) is -2.58. The Balaban J connectivity index is 0.00000320. The summed E-state index contributed by atoms with van der Waals surface area (Å²) < 4.78 is 28.3. The van der Waals surface area contributed by atoms with Crippen LogP contribution >= 0.6 is 7.75 Å². The van der Waals surface area contributed by atoms with E-state index in [2.05, 4.69) is 24.8 Å². The number of ether oxygens (including phenoxy) is 2. The van der Waals surface area contributed by atoms with Crippen molar-refractivity contribution < 1.29 is 38.5 Å². The molecule has 1 saturated heterocycles. The van der Waals surface area contributed by atoms with Gasteiger partial charge >= 0.3 is 13.7 Å². The van der Waals surface area contributed by atoms with E-state index in [4.69, 9.17) is 15.0 Å². The monoisotopic (exact) mass is 449 g/mol. The second-order valence-corrected chi connectivity index (χ2v) is 7.79. The molecule has 1 aliphatic rings. The minimum atomic E-state index is -4.27. The highest BCUT2D eigenvalue weighted by atomic mass is 31.2. The second kappa shape index (κ2) is 9.72. The lowest BCUT2D eigenvalue weighted by Gasteiger charge is -2.18. The topological polar surface area (TPSA) is 239 Å². The normalized spacial score (nSPS) is 25.6. The molecule has 3 rings (SSSR count). The number of aromatic nitrogens is 4. The van der Waals surface area contributed by atoms with E-state index < -0.39 is 44.9 Å². The number of rotatable bonds is 8. The zero-order valence-electron chi connectivity index (χ0n) is 16.0. The first-order valence-corrected chi connectivity index (χ1v) is 10.0. The van der Waals surface area contributed by atoms with Crippen LogP contribution in [0.1, 0.15) is 12.6 Å². The van der Waals surface area contributed by atoms with E-state index in [1.165, 1.54) is 24.3 Å². The molecule has 9 N–H and O–H groups in total. The smallest absolute Gasteiger partial charge is 0.403 e. The number of aliphatic hydroxyl groups is 2. The number of hydrogen-bond donors (Lipinski definition) is 6. The highest BCUT2D eigenvalue weighted by molar-refractivity contribution is 7.50. The fraction of sp³-hybridized carbons (Fsp3) is 0.571. The molecular weight excluding hydrogens is 425 g/mol. The lowest BCUT2D eigenvalue weighted by atomic mass is 10.1. The average Bonchev–Trinajstić information content (AvgIpc) is 3.23. The maximum atomic E-state index is 12.0. The van der Waals surface area contributed by atoms with E-state index in [0.29, 0.717) is 5.52 Å².